The molecule has 2 amide bonds. The van der Waals surface area contributed by atoms with Crippen LogP contribution in [-0.2, 0) is 4.79 Å². The summed E-state index contributed by atoms with van der Waals surface area (Å²) >= 11 is 6.11. The molecule has 21 heavy (non-hydrogen) atoms. The SMILES string of the molecule is CC(NC(=O)N1CCCC(C(=O)O)C1)c1ccccc1Cl. The predicted octanol–water partition coefficient (Wildman–Crippen LogP) is 2.91. The number of carbonyl (C=O) groups excluding carboxylic acids is 1. The van der Waals surface area contributed by atoms with E-state index >= 15 is 0 Å². The second-order valence-electron chi connectivity index (χ2n) is 5.32. The lowest BCUT2D eigenvalue weighted by atomic mass is 9.98. The van der Waals surface area contributed by atoms with Crippen LogP contribution in [0, 0.1) is 5.92 Å². The van der Waals surface area contributed by atoms with Crippen LogP contribution in [-0.4, -0.2) is 35.1 Å². The average Bonchev–Trinajstić information content (AvgIpc) is 2.47. The van der Waals surface area contributed by atoms with E-state index in [2.05, 4.69) is 5.32 Å². The molecule has 0 spiro atoms. The van der Waals surface area contributed by atoms with E-state index in [1.807, 2.05) is 25.1 Å². The number of piperidine rings is 1. The van der Waals surface area contributed by atoms with Crippen LogP contribution in [0.3, 0.4) is 0 Å². The fourth-order valence-electron chi connectivity index (χ4n) is 2.54. The predicted molar refractivity (Wildman–Crippen MR) is 80.3 cm³/mol. The molecule has 0 aliphatic carbocycles. The number of carboxylic acid groups (broad SMARTS) is 1. The normalized spacial score (nSPS) is 19.9. The zero-order chi connectivity index (χ0) is 15.4. The molecule has 0 bridgehead atoms. The van der Waals surface area contributed by atoms with Crippen LogP contribution in [0.1, 0.15) is 31.4 Å². The lowest BCUT2D eigenvalue weighted by molar-refractivity contribution is -0.143. The highest BCUT2D eigenvalue weighted by atomic mass is 35.5. The number of carboxylic acids is 1. The molecule has 2 atom stereocenters. The zero-order valence-corrected chi connectivity index (χ0v) is 12.6. The van der Waals surface area contributed by atoms with E-state index in [-0.39, 0.29) is 18.6 Å². The summed E-state index contributed by atoms with van der Waals surface area (Å²) in [7, 11) is 0. The Morgan fingerprint density at radius 2 is 2.14 bits per heavy atom. The molecular weight excluding hydrogens is 292 g/mol. The van der Waals surface area contributed by atoms with Crippen LogP contribution in [0.15, 0.2) is 24.3 Å². The molecule has 6 heteroatoms. The molecule has 5 nitrogen and oxygen atoms in total. The second kappa shape index (κ2) is 6.80. The third kappa shape index (κ3) is 3.88. The summed E-state index contributed by atoms with van der Waals surface area (Å²) in [6, 6.07) is 6.88. The molecular formula is C15H19ClN2O3. The summed E-state index contributed by atoms with van der Waals surface area (Å²) in [6.07, 6.45) is 1.34. The Kier molecular flexibility index (Phi) is 5.07. The van der Waals surface area contributed by atoms with Gasteiger partial charge in [0.05, 0.1) is 12.0 Å². The third-order valence-electron chi connectivity index (χ3n) is 3.77. The largest absolute Gasteiger partial charge is 0.481 e. The molecule has 0 radical (unpaired) electrons. The number of amides is 2. The number of nitrogens with one attached hydrogen (secondary N) is 1. The van der Waals surface area contributed by atoms with Gasteiger partial charge in [-0.3, -0.25) is 4.79 Å². The summed E-state index contributed by atoms with van der Waals surface area (Å²) in [4.78, 5) is 24.8. The first-order valence-corrected chi connectivity index (χ1v) is 7.39. The molecule has 1 aliphatic rings. The number of hydrogen-bond donors (Lipinski definition) is 2. The molecule has 1 heterocycles. The Bertz CT molecular complexity index is 535. The molecule has 1 aromatic carbocycles. The minimum Gasteiger partial charge on any atom is -0.481 e. The van der Waals surface area contributed by atoms with Crippen molar-refractivity contribution >= 4 is 23.6 Å². The molecule has 2 N–H and O–H groups in total. The molecule has 1 saturated heterocycles. The van der Waals surface area contributed by atoms with Crippen molar-refractivity contribution in [3.63, 3.8) is 0 Å². The van der Waals surface area contributed by atoms with Gasteiger partial charge in [-0.2, -0.15) is 0 Å². The fraction of sp³-hybridized carbons (Fsp3) is 0.467. The molecule has 114 valence electrons. The standard InChI is InChI=1S/C15H19ClN2O3/c1-10(12-6-2-3-7-13(12)16)17-15(21)18-8-4-5-11(9-18)14(19)20/h2-3,6-7,10-11H,4-5,8-9H2,1H3,(H,17,21)(H,19,20). The number of likely N-dealkylation sites (tertiary alicyclic amines) is 1. The van der Waals surface area contributed by atoms with E-state index in [9.17, 15) is 9.59 Å². The summed E-state index contributed by atoms with van der Waals surface area (Å²) in [5.41, 5.74) is 0.847. The van der Waals surface area contributed by atoms with Crippen LogP contribution >= 0.6 is 11.6 Å². The highest BCUT2D eigenvalue weighted by Gasteiger charge is 2.28. The van der Waals surface area contributed by atoms with Gasteiger partial charge < -0.3 is 15.3 Å². The van der Waals surface area contributed by atoms with Crippen LogP contribution in [0.25, 0.3) is 0 Å². The summed E-state index contributed by atoms with van der Waals surface area (Å²) < 4.78 is 0. The van der Waals surface area contributed by atoms with E-state index in [4.69, 9.17) is 16.7 Å². The van der Waals surface area contributed by atoms with Gasteiger partial charge in [0.25, 0.3) is 0 Å². The van der Waals surface area contributed by atoms with Crippen molar-refractivity contribution in [2.75, 3.05) is 13.1 Å². The molecule has 1 fully saturated rings. The lowest BCUT2D eigenvalue weighted by Gasteiger charge is -2.31. The molecule has 0 saturated carbocycles. The third-order valence-corrected chi connectivity index (χ3v) is 4.11. The highest BCUT2D eigenvalue weighted by molar-refractivity contribution is 6.31. The van der Waals surface area contributed by atoms with E-state index < -0.39 is 11.9 Å². The summed E-state index contributed by atoms with van der Waals surface area (Å²) in [5, 5.41) is 12.5. The summed E-state index contributed by atoms with van der Waals surface area (Å²) in [5.74, 6) is -1.31. The monoisotopic (exact) mass is 310 g/mol. The van der Waals surface area contributed by atoms with Gasteiger partial charge in [-0.05, 0) is 31.4 Å². The van der Waals surface area contributed by atoms with Gasteiger partial charge in [0.2, 0.25) is 0 Å². The number of hydrogen-bond acceptors (Lipinski definition) is 2. The Hall–Kier alpha value is -1.75. The number of benzene rings is 1. The van der Waals surface area contributed by atoms with E-state index in [1.54, 1.807) is 11.0 Å². The molecule has 2 unspecified atom stereocenters. The quantitative estimate of drug-likeness (QED) is 0.902. The van der Waals surface area contributed by atoms with Crippen molar-refractivity contribution in [2.45, 2.75) is 25.8 Å². The van der Waals surface area contributed by atoms with Gasteiger partial charge in [-0.25, -0.2) is 4.79 Å². The number of aliphatic carboxylic acids is 1. The molecule has 1 aromatic rings. The molecule has 1 aliphatic heterocycles. The minimum absolute atomic E-state index is 0.226. The Labute approximate surface area is 128 Å². The smallest absolute Gasteiger partial charge is 0.317 e. The maximum atomic E-state index is 12.2. The zero-order valence-electron chi connectivity index (χ0n) is 11.9. The van der Waals surface area contributed by atoms with Gasteiger partial charge >= 0.3 is 12.0 Å². The van der Waals surface area contributed by atoms with Gasteiger partial charge in [-0.1, -0.05) is 29.8 Å². The molecule has 0 aromatic heterocycles. The number of nitrogens with zero attached hydrogens (tertiary/aromatic N) is 1. The fourth-order valence-corrected chi connectivity index (χ4v) is 2.84. The van der Waals surface area contributed by atoms with Crippen LogP contribution in [0.5, 0.6) is 0 Å². The first-order chi connectivity index (χ1) is 9.99. The Morgan fingerprint density at radius 1 is 1.43 bits per heavy atom. The molecule has 2 rings (SSSR count). The van der Waals surface area contributed by atoms with Crippen molar-refractivity contribution in [2.24, 2.45) is 5.92 Å². The van der Waals surface area contributed by atoms with Crippen molar-refractivity contribution in [1.82, 2.24) is 10.2 Å². The summed E-state index contributed by atoms with van der Waals surface area (Å²) in [6.45, 7) is 2.71. The number of rotatable bonds is 3. The highest BCUT2D eigenvalue weighted by Crippen LogP contribution is 2.23. The van der Waals surface area contributed by atoms with Crippen molar-refractivity contribution in [3.8, 4) is 0 Å². The van der Waals surface area contributed by atoms with Crippen LogP contribution < -0.4 is 5.32 Å². The Morgan fingerprint density at radius 3 is 2.81 bits per heavy atom. The van der Waals surface area contributed by atoms with Gasteiger partial charge in [0.15, 0.2) is 0 Å². The van der Waals surface area contributed by atoms with E-state index in [1.165, 1.54) is 0 Å². The van der Waals surface area contributed by atoms with Gasteiger partial charge in [-0.15, -0.1) is 0 Å². The van der Waals surface area contributed by atoms with E-state index in [0.29, 0.717) is 24.4 Å². The van der Waals surface area contributed by atoms with Crippen molar-refractivity contribution in [3.05, 3.63) is 34.9 Å². The lowest BCUT2D eigenvalue weighted by Crippen LogP contribution is -2.47. The van der Waals surface area contributed by atoms with E-state index in [0.717, 1.165) is 5.56 Å². The second-order valence-corrected chi connectivity index (χ2v) is 5.72. The van der Waals surface area contributed by atoms with Crippen molar-refractivity contribution in [1.29, 1.82) is 0 Å². The van der Waals surface area contributed by atoms with Crippen LogP contribution in [0.4, 0.5) is 4.79 Å². The number of carbonyl (C=O) groups is 2. The first kappa shape index (κ1) is 15.6. The number of halogens is 1. The van der Waals surface area contributed by atoms with Gasteiger partial charge in [0, 0.05) is 18.1 Å². The number of urea groups is 1. The van der Waals surface area contributed by atoms with Crippen molar-refractivity contribution < 1.29 is 14.7 Å². The average molecular weight is 311 g/mol. The maximum Gasteiger partial charge on any atom is 0.317 e. The maximum absolute atomic E-state index is 12.2. The topological polar surface area (TPSA) is 69.6 Å². The van der Waals surface area contributed by atoms with Gasteiger partial charge in [0.1, 0.15) is 0 Å². The van der Waals surface area contributed by atoms with Crippen LogP contribution in [0.2, 0.25) is 5.02 Å². The first-order valence-electron chi connectivity index (χ1n) is 7.01. The Balaban J connectivity index is 1.98. The minimum atomic E-state index is -0.841.